The molecule has 3 nitrogen and oxygen atoms in total. The Morgan fingerprint density at radius 1 is 1.17 bits per heavy atom. The smallest absolute Gasteiger partial charge is 0.119 e. The minimum absolute atomic E-state index is 0.283. The first-order valence-corrected chi connectivity index (χ1v) is 6.19. The molecule has 3 heteroatoms. The van der Waals surface area contributed by atoms with E-state index in [0.29, 0.717) is 0 Å². The first kappa shape index (κ1) is 11.0. The third kappa shape index (κ3) is 2.12. The number of benzene rings is 1. The van der Waals surface area contributed by atoms with Gasteiger partial charge in [0.1, 0.15) is 11.6 Å². The van der Waals surface area contributed by atoms with Crippen LogP contribution in [-0.2, 0) is 13.0 Å². The molecule has 0 radical (unpaired) electrons. The summed E-state index contributed by atoms with van der Waals surface area (Å²) in [5.41, 5.74) is 2.79. The maximum atomic E-state index is 9.65. The summed E-state index contributed by atoms with van der Waals surface area (Å²) in [5, 5.41) is 12.9. The lowest BCUT2D eigenvalue weighted by Crippen LogP contribution is -2.34. The fourth-order valence-corrected chi connectivity index (χ4v) is 2.39. The van der Waals surface area contributed by atoms with E-state index in [2.05, 4.69) is 34.5 Å². The molecule has 2 heterocycles. The second kappa shape index (κ2) is 4.61. The molecule has 0 saturated carbocycles. The zero-order valence-electron chi connectivity index (χ0n) is 10.1. The summed E-state index contributed by atoms with van der Waals surface area (Å²) in [6, 6.07) is 8.53. The van der Waals surface area contributed by atoms with E-state index >= 15 is 0 Å². The zero-order valence-corrected chi connectivity index (χ0v) is 10.1. The number of nitrogens with one attached hydrogen (secondary N) is 1. The van der Waals surface area contributed by atoms with Crippen LogP contribution in [0.5, 0.6) is 0 Å². The maximum Gasteiger partial charge on any atom is 0.119 e. The molecule has 0 unspecified atom stereocenters. The van der Waals surface area contributed by atoms with Crippen LogP contribution in [-0.4, -0.2) is 16.6 Å². The van der Waals surface area contributed by atoms with E-state index in [1.165, 1.54) is 11.1 Å². The third-order valence-corrected chi connectivity index (χ3v) is 3.35. The molecule has 0 amide bonds. The number of hydrogen-bond donors (Lipinski definition) is 2. The van der Waals surface area contributed by atoms with Crippen molar-refractivity contribution >= 4 is 0 Å². The van der Waals surface area contributed by atoms with Gasteiger partial charge in [-0.25, -0.2) is 0 Å². The van der Waals surface area contributed by atoms with Crippen molar-refractivity contribution in [3.8, 4) is 0 Å². The maximum absolute atomic E-state index is 9.65. The standard InChI is InChI=1S/C15H16N2O/c18-14-6-3-8-16-15(10-14)17-9-7-12-4-1-2-5-13(12)11-17/h1-6,8,10,16,18H,7,9,11H2. The number of aliphatic hydroxyl groups excluding tert-OH is 1. The molecule has 0 aliphatic carbocycles. The predicted molar refractivity (Wildman–Crippen MR) is 71.6 cm³/mol. The molecular weight excluding hydrogens is 224 g/mol. The van der Waals surface area contributed by atoms with Gasteiger partial charge in [-0.1, -0.05) is 24.3 Å². The van der Waals surface area contributed by atoms with Gasteiger partial charge < -0.3 is 15.3 Å². The predicted octanol–water partition coefficient (Wildman–Crippen LogP) is 2.44. The van der Waals surface area contributed by atoms with Crippen molar-refractivity contribution in [3.63, 3.8) is 0 Å². The van der Waals surface area contributed by atoms with Gasteiger partial charge in [-0.2, -0.15) is 0 Å². The highest BCUT2D eigenvalue weighted by Gasteiger charge is 2.17. The van der Waals surface area contributed by atoms with Crippen molar-refractivity contribution < 1.29 is 5.11 Å². The summed E-state index contributed by atoms with van der Waals surface area (Å²) in [6.07, 6.45) is 8.14. The number of nitrogens with zero attached hydrogens (tertiary/aromatic N) is 1. The van der Waals surface area contributed by atoms with Crippen molar-refractivity contribution in [1.82, 2.24) is 10.2 Å². The van der Waals surface area contributed by atoms with Crippen molar-refractivity contribution in [1.29, 1.82) is 0 Å². The number of rotatable bonds is 1. The van der Waals surface area contributed by atoms with E-state index in [4.69, 9.17) is 0 Å². The van der Waals surface area contributed by atoms with Crippen molar-refractivity contribution in [2.75, 3.05) is 6.54 Å². The van der Waals surface area contributed by atoms with Crippen LogP contribution < -0.4 is 5.32 Å². The van der Waals surface area contributed by atoms with Crippen LogP contribution in [0.15, 0.2) is 60.3 Å². The highest BCUT2D eigenvalue weighted by Crippen LogP contribution is 2.21. The fourth-order valence-electron chi connectivity index (χ4n) is 2.39. The molecule has 1 aromatic rings. The summed E-state index contributed by atoms with van der Waals surface area (Å²) in [4.78, 5) is 2.25. The van der Waals surface area contributed by atoms with Crippen molar-refractivity contribution in [2.45, 2.75) is 13.0 Å². The van der Waals surface area contributed by atoms with E-state index in [1.807, 2.05) is 6.20 Å². The average molecular weight is 240 g/mol. The van der Waals surface area contributed by atoms with Crippen molar-refractivity contribution in [3.05, 3.63) is 71.4 Å². The molecule has 0 bridgehead atoms. The Balaban J connectivity index is 1.84. The van der Waals surface area contributed by atoms with E-state index in [0.717, 1.165) is 25.3 Å². The highest BCUT2D eigenvalue weighted by atomic mass is 16.3. The molecule has 18 heavy (non-hydrogen) atoms. The molecule has 0 atom stereocenters. The number of allylic oxidation sites excluding steroid dienone is 3. The van der Waals surface area contributed by atoms with Gasteiger partial charge in [-0.05, 0) is 29.7 Å². The molecule has 92 valence electrons. The molecule has 2 N–H and O–H groups in total. The Morgan fingerprint density at radius 2 is 2.00 bits per heavy atom. The van der Waals surface area contributed by atoms with E-state index in [9.17, 15) is 5.11 Å². The van der Waals surface area contributed by atoms with Crippen LogP contribution in [0.25, 0.3) is 0 Å². The Morgan fingerprint density at radius 3 is 2.89 bits per heavy atom. The van der Waals surface area contributed by atoms with Crippen LogP contribution >= 0.6 is 0 Å². The SMILES string of the molecule is OC1=CC=CNC(N2CCc3ccccc3C2)=C1. The Kier molecular flexibility index (Phi) is 2.81. The summed E-state index contributed by atoms with van der Waals surface area (Å²) >= 11 is 0. The topological polar surface area (TPSA) is 35.5 Å². The lowest BCUT2D eigenvalue weighted by Gasteiger charge is -2.32. The molecular formula is C15H16N2O. The lowest BCUT2D eigenvalue weighted by atomic mass is 10.00. The second-order valence-corrected chi connectivity index (χ2v) is 4.56. The average Bonchev–Trinajstić information content (AvgIpc) is 2.63. The quantitative estimate of drug-likeness (QED) is 0.791. The van der Waals surface area contributed by atoms with E-state index < -0.39 is 0 Å². The second-order valence-electron chi connectivity index (χ2n) is 4.56. The largest absolute Gasteiger partial charge is 0.508 e. The third-order valence-electron chi connectivity index (χ3n) is 3.35. The number of aliphatic hydroxyl groups is 1. The van der Waals surface area contributed by atoms with Gasteiger partial charge >= 0.3 is 0 Å². The molecule has 0 aromatic heterocycles. The van der Waals surface area contributed by atoms with Crippen LogP contribution in [0, 0.1) is 0 Å². The van der Waals surface area contributed by atoms with Gasteiger partial charge in [0.15, 0.2) is 0 Å². The van der Waals surface area contributed by atoms with Gasteiger partial charge in [0.25, 0.3) is 0 Å². The van der Waals surface area contributed by atoms with Gasteiger partial charge in [0.2, 0.25) is 0 Å². The summed E-state index contributed by atoms with van der Waals surface area (Å²) < 4.78 is 0. The normalized spacial score (nSPS) is 18.3. The van der Waals surface area contributed by atoms with Crippen molar-refractivity contribution in [2.24, 2.45) is 0 Å². The number of hydrogen-bond acceptors (Lipinski definition) is 3. The van der Waals surface area contributed by atoms with Crippen LogP contribution in [0.3, 0.4) is 0 Å². The molecule has 0 saturated heterocycles. The van der Waals surface area contributed by atoms with Crippen LogP contribution in [0.2, 0.25) is 0 Å². The molecule has 0 fully saturated rings. The molecule has 1 aromatic carbocycles. The molecule has 0 spiro atoms. The summed E-state index contributed by atoms with van der Waals surface area (Å²) in [5.74, 6) is 1.23. The number of fused-ring (bicyclic) bond motifs is 1. The van der Waals surface area contributed by atoms with E-state index in [1.54, 1.807) is 18.2 Å². The Bertz CT molecular complexity index is 543. The summed E-state index contributed by atoms with van der Waals surface area (Å²) in [7, 11) is 0. The zero-order chi connectivity index (χ0) is 12.4. The molecule has 3 rings (SSSR count). The van der Waals surface area contributed by atoms with Gasteiger partial charge in [0, 0.05) is 25.4 Å². The van der Waals surface area contributed by atoms with Crippen LogP contribution in [0.4, 0.5) is 0 Å². The molecule has 2 aliphatic heterocycles. The fraction of sp³-hybridized carbons (Fsp3) is 0.200. The Hall–Kier alpha value is -2.16. The van der Waals surface area contributed by atoms with Gasteiger partial charge in [-0.15, -0.1) is 0 Å². The highest BCUT2D eigenvalue weighted by molar-refractivity contribution is 5.32. The molecule has 2 aliphatic rings. The monoisotopic (exact) mass is 240 g/mol. The minimum Gasteiger partial charge on any atom is -0.508 e. The van der Waals surface area contributed by atoms with Gasteiger partial charge in [0.05, 0.1) is 0 Å². The summed E-state index contributed by atoms with van der Waals surface area (Å²) in [6.45, 7) is 1.85. The van der Waals surface area contributed by atoms with Gasteiger partial charge in [-0.3, -0.25) is 0 Å². The Labute approximate surface area is 107 Å². The lowest BCUT2D eigenvalue weighted by molar-refractivity contribution is 0.304. The van der Waals surface area contributed by atoms with Crippen LogP contribution in [0.1, 0.15) is 11.1 Å². The first-order chi connectivity index (χ1) is 8.83. The minimum atomic E-state index is 0.283. The van der Waals surface area contributed by atoms with E-state index in [-0.39, 0.29) is 5.76 Å². The first-order valence-electron chi connectivity index (χ1n) is 6.19.